The van der Waals surface area contributed by atoms with Crippen molar-refractivity contribution in [3.05, 3.63) is 48.2 Å². The van der Waals surface area contributed by atoms with Gasteiger partial charge in [0.15, 0.2) is 0 Å². The lowest BCUT2D eigenvalue weighted by molar-refractivity contribution is -0.137. The van der Waals surface area contributed by atoms with Gasteiger partial charge >= 0.3 is 0 Å². The zero-order chi connectivity index (χ0) is 20.3. The number of piperidine rings is 1. The van der Waals surface area contributed by atoms with Crippen LogP contribution in [0.1, 0.15) is 25.3 Å². The van der Waals surface area contributed by atoms with Gasteiger partial charge in [0, 0.05) is 38.9 Å². The summed E-state index contributed by atoms with van der Waals surface area (Å²) in [6, 6.07) is 6.89. The number of carbonyl (C=O) groups excluding carboxylic acids is 3. The van der Waals surface area contributed by atoms with Crippen LogP contribution in [0.25, 0.3) is 5.57 Å². The van der Waals surface area contributed by atoms with E-state index in [1.165, 1.54) is 17.9 Å². The van der Waals surface area contributed by atoms with Crippen molar-refractivity contribution in [2.45, 2.75) is 19.8 Å². The molecule has 1 aromatic carbocycles. The molecule has 1 unspecified atom stereocenters. The normalized spacial score (nSPS) is 20.0. The van der Waals surface area contributed by atoms with Gasteiger partial charge in [0.05, 0.1) is 5.57 Å². The standard InChI is InChI=1S/C21H25N3O4/c1-3-10-24-20(27)18(16-6-8-17(9-7-16)22-14(2)26)19(21(24)28)23-11-4-5-15(12-23)13-25/h3,6-9,15,25H,1,4-5,10-13H2,2H3,(H,22,26). The van der Waals surface area contributed by atoms with Crippen LogP contribution in [0.15, 0.2) is 42.6 Å². The Balaban J connectivity index is 2.01. The van der Waals surface area contributed by atoms with Gasteiger partial charge in [-0.2, -0.15) is 0 Å². The summed E-state index contributed by atoms with van der Waals surface area (Å²) in [4.78, 5) is 40.4. The van der Waals surface area contributed by atoms with Crippen LogP contribution < -0.4 is 5.32 Å². The van der Waals surface area contributed by atoms with Crippen LogP contribution >= 0.6 is 0 Å². The van der Waals surface area contributed by atoms with E-state index in [9.17, 15) is 19.5 Å². The van der Waals surface area contributed by atoms with Gasteiger partial charge < -0.3 is 15.3 Å². The Morgan fingerprint density at radius 3 is 2.61 bits per heavy atom. The summed E-state index contributed by atoms with van der Waals surface area (Å²) in [7, 11) is 0. The summed E-state index contributed by atoms with van der Waals surface area (Å²) >= 11 is 0. The van der Waals surface area contributed by atoms with Gasteiger partial charge in [0.2, 0.25) is 5.91 Å². The van der Waals surface area contributed by atoms with Crippen molar-refractivity contribution in [2.75, 3.05) is 31.6 Å². The van der Waals surface area contributed by atoms with Crippen LogP contribution in [-0.4, -0.2) is 58.9 Å². The number of imide groups is 1. The molecule has 0 spiro atoms. The zero-order valence-electron chi connectivity index (χ0n) is 16.0. The highest BCUT2D eigenvalue weighted by Gasteiger charge is 2.41. The van der Waals surface area contributed by atoms with Crippen LogP contribution in [0, 0.1) is 5.92 Å². The van der Waals surface area contributed by atoms with E-state index >= 15 is 0 Å². The molecule has 0 aromatic heterocycles. The van der Waals surface area contributed by atoms with Crippen LogP contribution in [0.5, 0.6) is 0 Å². The maximum Gasteiger partial charge on any atom is 0.278 e. The van der Waals surface area contributed by atoms with Crippen LogP contribution in [0.3, 0.4) is 0 Å². The Morgan fingerprint density at radius 1 is 1.29 bits per heavy atom. The van der Waals surface area contributed by atoms with Crippen molar-refractivity contribution < 1.29 is 19.5 Å². The first-order valence-electron chi connectivity index (χ1n) is 9.41. The molecular weight excluding hydrogens is 358 g/mol. The molecule has 3 rings (SSSR count). The van der Waals surface area contributed by atoms with Gasteiger partial charge in [0.1, 0.15) is 5.70 Å². The molecule has 1 fully saturated rings. The number of rotatable bonds is 6. The first-order chi connectivity index (χ1) is 13.5. The number of likely N-dealkylation sites (tertiary alicyclic amines) is 1. The molecule has 0 bridgehead atoms. The van der Waals surface area contributed by atoms with Crippen molar-refractivity contribution in [3.63, 3.8) is 0 Å². The fraction of sp³-hybridized carbons (Fsp3) is 0.381. The number of hydrogen-bond acceptors (Lipinski definition) is 5. The molecule has 0 radical (unpaired) electrons. The Bertz CT molecular complexity index is 829. The first kappa shape index (κ1) is 19.8. The minimum absolute atomic E-state index is 0.0586. The largest absolute Gasteiger partial charge is 0.396 e. The van der Waals surface area contributed by atoms with Gasteiger partial charge in [-0.05, 0) is 36.5 Å². The number of nitrogens with one attached hydrogen (secondary N) is 1. The lowest BCUT2D eigenvalue weighted by Gasteiger charge is -2.34. The Labute approximate surface area is 164 Å². The molecule has 0 saturated carbocycles. The van der Waals surface area contributed by atoms with E-state index in [1.54, 1.807) is 24.3 Å². The highest BCUT2D eigenvalue weighted by atomic mass is 16.3. The van der Waals surface area contributed by atoms with Crippen LogP contribution in [-0.2, 0) is 14.4 Å². The molecule has 0 aliphatic carbocycles. The average molecular weight is 383 g/mol. The maximum atomic E-state index is 13.0. The molecule has 7 heteroatoms. The molecule has 3 amide bonds. The summed E-state index contributed by atoms with van der Waals surface area (Å²) in [6.07, 6.45) is 3.29. The summed E-state index contributed by atoms with van der Waals surface area (Å²) in [5.74, 6) is -0.774. The number of carbonyl (C=O) groups is 3. The number of nitrogens with zero attached hydrogens (tertiary/aromatic N) is 2. The Hall–Kier alpha value is -2.93. The maximum absolute atomic E-state index is 13.0. The second-order valence-corrected chi connectivity index (χ2v) is 7.13. The highest BCUT2D eigenvalue weighted by Crippen LogP contribution is 2.34. The van der Waals surface area contributed by atoms with Gasteiger partial charge in [0.25, 0.3) is 11.8 Å². The zero-order valence-corrected chi connectivity index (χ0v) is 16.0. The van der Waals surface area contributed by atoms with Crippen LogP contribution in [0.4, 0.5) is 5.69 Å². The lowest BCUT2D eigenvalue weighted by atomic mass is 9.97. The molecule has 2 N–H and O–H groups in total. The fourth-order valence-corrected chi connectivity index (χ4v) is 3.75. The lowest BCUT2D eigenvalue weighted by Crippen LogP contribution is -2.40. The Kier molecular flexibility index (Phi) is 5.94. The quantitative estimate of drug-likeness (QED) is 0.575. The molecule has 2 aliphatic rings. The van der Waals surface area contributed by atoms with E-state index in [0.717, 1.165) is 12.8 Å². The fourth-order valence-electron chi connectivity index (χ4n) is 3.75. The van der Waals surface area contributed by atoms with Gasteiger partial charge in [-0.1, -0.05) is 18.2 Å². The minimum Gasteiger partial charge on any atom is -0.396 e. The second-order valence-electron chi connectivity index (χ2n) is 7.13. The number of aliphatic hydroxyl groups excluding tert-OH is 1. The van der Waals surface area contributed by atoms with E-state index in [4.69, 9.17) is 0 Å². The number of anilines is 1. The number of benzene rings is 1. The van der Waals surface area contributed by atoms with E-state index in [1.807, 2.05) is 4.90 Å². The molecule has 1 aromatic rings. The smallest absolute Gasteiger partial charge is 0.278 e. The number of aliphatic hydroxyl groups is 1. The van der Waals surface area contributed by atoms with Crippen molar-refractivity contribution in [2.24, 2.45) is 5.92 Å². The molecule has 28 heavy (non-hydrogen) atoms. The summed E-state index contributed by atoms with van der Waals surface area (Å²) in [6.45, 7) is 6.48. The monoisotopic (exact) mass is 383 g/mol. The average Bonchev–Trinajstić information content (AvgIpc) is 2.93. The van der Waals surface area contributed by atoms with Gasteiger partial charge in [-0.25, -0.2) is 0 Å². The molecule has 2 heterocycles. The molecular formula is C21H25N3O4. The highest BCUT2D eigenvalue weighted by molar-refractivity contribution is 6.35. The summed E-state index contributed by atoms with van der Waals surface area (Å²) in [5, 5.41) is 12.2. The van der Waals surface area contributed by atoms with Crippen LogP contribution in [0.2, 0.25) is 0 Å². The van der Waals surface area contributed by atoms with Crippen molar-refractivity contribution >= 4 is 29.0 Å². The molecule has 1 atom stereocenters. The molecule has 7 nitrogen and oxygen atoms in total. The van der Waals surface area contributed by atoms with E-state index in [-0.39, 0.29) is 36.8 Å². The van der Waals surface area contributed by atoms with Crippen molar-refractivity contribution in [1.29, 1.82) is 0 Å². The van der Waals surface area contributed by atoms with Crippen molar-refractivity contribution in [1.82, 2.24) is 9.80 Å². The minimum atomic E-state index is -0.349. The predicted molar refractivity (Wildman–Crippen MR) is 106 cm³/mol. The summed E-state index contributed by atoms with van der Waals surface area (Å²) in [5.41, 5.74) is 1.99. The van der Waals surface area contributed by atoms with E-state index < -0.39 is 0 Å². The SMILES string of the molecule is C=CCN1C(=O)C(c2ccc(NC(C)=O)cc2)=C(N2CCCC(CO)C2)C1=O. The van der Waals surface area contributed by atoms with Crippen molar-refractivity contribution in [3.8, 4) is 0 Å². The van der Waals surface area contributed by atoms with E-state index in [2.05, 4.69) is 11.9 Å². The molecule has 2 aliphatic heterocycles. The number of hydrogen-bond donors (Lipinski definition) is 2. The van der Waals surface area contributed by atoms with E-state index in [0.29, 0.717) is 35.6 Å². The predicted octanol–water partition coefficient (Wildman–Crippen LogP) is 1.62. The Morgan fingerprint density at radius 2 is 2.00 bits per heavy atom. The third-order valence-corrected chi connectivity index (χ3v) is 5.04. The van der Waals surface area contributed by atoms with Gasteiger partial charge in [-0.15, -0.1) is 6.58 Å². The summed E-state index contributed by atoms with van der Waals surface area (Å²) < 4.78 is 0. The third kappa shape index (κ3) is 3.84. The van der Waals surface area contributed by atoms with Gasteiger partial charge in [-0.3, -0.25) is 19.3 Å². The molecule has 148 valence electrons. The third-order valence-electron chi connectivity index (χ3n) is 5.04. The topological polar surface area (TPSA) is 90.0 Å². The molecule has 1 saturated heterocycles. The number of amides is 3. The first-order valence-corrected chi connectivity index (χ1v) is 9.41. The second kappa shape index (κ2) is 8.39.